The predicted molar refractivity (Wildman–Crippen MR) is 71.3 cm³/mol. The van der Waals surface area contributed by atoms with E-state index in [-0.39, 0.29) is 0 Å². The fourth-order valence-electron chi connectivity index (χ4n) is 2.42. The molecule has 1 fully saturated rings. The molecule has 0 amide bonds. The summed E-state index contributed by atoms with van der Waals surface area (Å²) in [6.45, 7) is 7.87. The van der Waals surface area contributed by atoms with Crippen molar-refractivity contribution in [3.8, 4) is 0 Å². The largest absolute Gasteiger partial charge is 0.286 e. The summed E-state index contributed by atoms with van der Waals surface area (Å²) in [5, 5.41) is 3.68. The molecule has 2 unspecified atom stereocenters. The lowest BCUT2D eigenvalue weighted by Crippen LogP contribution is -2.10. The van der Waals surface area contributed by atoms with Gasteiger partial charge in [0, 0.05) is 12.9 Å². The van der Waals surface area contributed by atoms with Gasteiger partial charge in [0.1, 0.15) is 0 Å². The standard InChI is InChI=1S/C14H24N2/c1-4-6-13-7-5-8-14(11-16-15-3)12(2)9-10-13/h4,6,11-13,16H,3,5,7-10H2,1-2H3/b6-4+,14-11-. The van der Waals surface area contributed by atoms with Crippen molar-refractivity contribution in [2.45, 2.75) is 46.0 Å². The summed E-state index contributed by atoms with van der Waals surface area (Å²) in [5.74, 6) is 1.46. The molecule has 0 aromatic rings. The molecule has 1 aliphatic rings. The van der Waals surface area contributed by atoms with Crippen LogP contribution in [0.3, 0.4) is 0 Å². The summed E-state index contributed by atoms with van der Waals surface area (Å²) in [6.07, 6.45) is 13.0. The van der Waals surface area contributed by atoms with Crippen LogP contribution >= 0.6 is 0 Å². The van der Waals surface area contributed by atoms with Gasteiger partial charge in [0.2, 0.25) is 0 Å². The molecule has 90 valence electrons. The molecule has 2 atom stereocenters. The number of hydrazone groups is 1. The molecule has 0 saturated heterocycles. The van der Waals surface area contributed by atoms with Crippen molar-refractivity contribution in [1.82, 2.24) is 5.43 Å². The molecule has 1 aliphatic carbocycles. The maximum atomic E-state index is 3.68. The second kappa shape index (κ2) is 7.26. The molecule has 0 spiro atoms. The molecule has 1 rings (SSSR count). The minimum absolute atomic E-state index is 0.669. The van der Waals surface area contributed by atoms with Gasteiger partial charge in [0.05, 0.1) is 0 Å². The molecule has 0 radical (unpaired) electrons. The van der Waals surface area contributed by atoms with E-state index in [1.807, 2.05) is 6.20 Å². The molecule has 0 bridgehead atoms. The fourth-order valence-corrected chi connectivity index (χ4v) is 2.42. The summed E-state index contributed by atoms with van der Waals surface area (Å²) in [7, 11) is 0. The maximum absolute atomic E-state index is 3.68. The van der Waals surface area contributed by atoms with Crippen molar-refractivity contribution in [1.29, 1.82) is 0 Å². The highest BCUT2D eigenvalue weighted by molar-refractivity contribution is 5.22. The second-order valence-corrected chi connectivity index (χ2v) is 4.66. The van der Waals surface area contributed by atoms with Crippen molar-refractivity contribution in [3.05, 3.63) is 23.9 Å². The SMILES string of the molecule is C=NN/C=C1/CCCC(/C=C/C)CCC1C. The first kappa shape index (κ1) is 13.0. The van der Waals surface area contributed by atoms with Crippen LogP contribution in [0, 0.1) is 11.8 Å². The van der Waals surface area contributed by atoms with Gasteiger partial charge in [-0.05, 0) is 56.4 Å². The number of hydrogen-bond donors (Lipinski definition) is 1. The number of hydrogen-bond acceptors (Lipinski definition) is 2. The highest BCUT2D eigenvalue weighted by atomic mass is 15.3. The highest BCUT2D eigenvalue weighted by Crippen LogP contribution is 2.30. The average molecular weight is 220 g/mol. The van der Waals surface area contributed by atoms with E-state index in [2.05, 4.69) is 43.2 Å². The molecule has 16 heavy (non-hydrogen) atoms. The van der Waals surface area contributed by atoms with Crippen LogP contribution in [-0.4, -0.2) is 6.72 Å². The van der Waals surface area contributed by atoms with Crippen LogP contribution < -0.4 is 5.43 Å². The van der Waals surface area contributed by atoms with Gasteiger partial charge in [-0.25, -0.2) is 0 Å². The maximum Gasteiger partial charge on any atom is 0.0194 e. The molecular formula is C14H24N2. The van der Waals surface area contributed by atoms with Crippen molar-refractivity contribution < 1.29 is 0 Å². The average Bonchev–Trinajstić information content (AvgIpc) is 2.27. The summed E-state index contributed by atoms with van der Waals surface area (Å²) in [6, 6.07) is 0. The Hall–Kier alpha value is -1.05. The lowest BCUT2D eigenvalue weighted by Gasteiger charge is -2.23. The van der Waals surface area contributed by atoms with Crippen LogP contribution in [0.25, 0.3) is 0 Å². The predicted octanol–water partition coefficient (Wildman–Crippen LogP) is 3.87. The molecule has 0 aromatic carbocycles. The zero-order chi connectivity index (χ0) is 11.8. The first-order valence-corrected chi connectivity index (χ1v) is 6.31. The Balaban J connectivity index is 2.54. The molecular weight excluding hydrogens is 196 g/mol. The number of nitrogens with zero attached hydrogens (tertiary/aromatic N) is 1. The summed E-state index contributed by atoms with van der Waals surface area (Å²) >= 11 is 0. The van der Waals surface area contributed by atoms with Crippen LogP contribution in [0.2, 0.25) is 0 Å². The molecule has 1 N–H and O–H groups in total. The van der Waals surface area contributed by atoms with Gasteiger partial charge in [0.25, 0.3) is 0 Å². The minimum atomic E-state index is 0.669. The van der Waals surface area contributed by atoms with Crippen LogP contribution in [0.5, 0.6) is 0 Å². The topological polar surface area (TPSA) is 24.4 Å². The lowest BCUT2D eigenvalue weighted by molar-refractivity contribution is 0.421. The Kier molecular flexibility index (Phi) is 5.91. The molecule has 0 aliphatic heterocycles. The van der Waals surface area contributed by atoms with Gasteiger partial charge in [-0.1, -0.05) is 19.1 Å². The Morgan fingerprint density at radius 3 is 2.88 bits per heavy atom. The third-order valence-electron chi connectivity index (χ3n) is 3.45. The molecule has 0 aromatic heterocycles. The van der Waals surface area contributed by atoms with Crippen LogP contribution in [0.15, 0.2) is 29.0 Å². The first-order chi connectivity index (χ1) is 7.77. The van der Waals surface area contributed by atoms with Gasteiger partial charge < -0.3 is 0 Å². The number of rotatable bonds is 3. The van der Waals surface area contributed by atoms with Crippen molar-refractivity contribution in [2.24, 2.45) is 16.9 Å². The fraction of sp³-hybridized carbons (Fsp3) is 0.643. The Bertz CT molecular complexity index is 266. The molecule has 2 heteroatoms. The first-order valence-electron chi connectivity index (χ1n) is 6.31. The lowest BCUT2D eigenvalue weighted by atomic mass is 9.83. The third-order valence-corrected chi connectivity index (χ3v) is 3.45. The van der Waals surface area contributed by atoms with E-state index < -0.39 is 0 Å². The molecule has 2 nitrogen and oxygen atoms in total. The Morgan fingerprint density at radius 1 is 1.38 bits per heavy atom. The second-order valence-electron chi connectivity index (χ2n) is 4.66. The zero-order valence-electron chi connectivity index (χ0n) is 10.6. The van der Waals surface area contributed by atoms with E-state index in [9.17, 15) is 0 Å². The third kappa shape index (κ3) is 4.21. The number of nitrogens with one attached hydrogen (secondary N) is 1. The monoisotopic (exact) mass is 220 g/mol. The van der Waals surface area contributed by atoms with E-state index in [0.717, 1.165) is 5.92 Å². The van der Waals surface area contributed by atoms with Gasteiger partial charge in [-0.15, -0.1) is 0 Å². The van der Waals surface area contributed by atoms with Gasteiger partial charge >= 0.3 is 0 Å². The Morgan fingerprint density at radius 2 is 2.19 bits per heavy atom. The number of allylic oxidation sites excluding steroid dienone is 3. The van der Waals surface area contributed by atoms with Gasteiger partial charge in [-0.2, -0.15) is 5.10 Å². The zero-order valence-corrected chi connectivity index (χ0v) is 10.6. The van der Waals surface area contributed by atoms with Crippen molar-refractivity contribution in [3.63, 3.8) is 0 Å². The smallest absolute Gasteiger partial charge is 0.0194 e. The van der Waals surface area contributed by atoms with Gasteiger partial charge in [0.15, 0.2) is 0 Å². The molecule has 0 heterocycles. The summed E-state index contributed by atoms with van der Waals surface area (Å²) in [5.41, 5.74) is 4.36. The van der Waals surface area contributed by atoms with E-state index in [4.69, 9.17) is 0 Å². The quantitative estimate of drug-likeness (QED) is 0.436. The van der Waals surface area contributed by atoms with Crippen LogP contribution in [0.4, 0.5) is 0 Å². The van der Waals surface area contributed by atoms with E-state index in [1.54, 1.807) is 0 Å². The van der Waals surface area contributed by atoms with Crippen molar-refractivity contribution in [2.75, 3.05) is 0 Å². The van der Waals surface area contributed by atoms with E-state index >= 15 is 0 Å². The van der Waals surface area contributed by atoms with E-state index in [0.29, 0.717) is 5.92 Å². The van der Waals surface area contributed by atoms with Gasteiger partial charge in [-0.3, -0.25) is 5.43 Å². The summed E-state index contributed by atoms with van der Waals surface area (Å²) < 4.78 is 0. The summed E-state index contributed by atoms with van der Waals surface area (Å²) in [4.78, 5) is 0. The normalized spacial score (nSPS) is 30.0. The van der Waals surface area contributed by atoms with Crippen LogP contribution in [-0.2, 0) is 0 Å². The Labute approximate surface area is 99.5 Å². The van der Waals surface area contributed by atoms with Crippen LogP contribution in [0.1, 0.15) is 46.0 Å². The highest BCUT2D eigenvalue weighted by Gasteiger charge is 2.16. The van der Waals surface area contributed by atoms with Crippen molar-refractivity contribution >= 4 is 6.72 Å². The minimum Gasteiger partial charge on any atom is -0.286 e. The molecule has 1 saturated carbocycles. The van der Waals surface area contributed by atoms with E-state index in [1.165, 1.54) is 37.7 Å².